The topological polar surface area (TPSA) is 69.4 Å². The molecule has 0 spiro atoms. The first-order chi connectivity index (χ1) is 15.7. The van der Waals surface area contributed by atoms with E-state index in [0.717, 1.165) is 61.7 Å². The van der Waals surface area contributed by atoms with Crippen molar-refractivity contribution in [1.29, 1.82) is 0 Å². The average molecular weight is 416 g/mol. The fourth-order valence-corrected chi connectivity index (χ4v) is 4.10. The normalized spacial score (nSPS) is 12.3. The zero-order valence-corrected chi connectivity index (χ0v) is 17.6. The van der Waals surface area contributed by atoms with E-state index >= 15 is 0 Å². The molecule has 2 aliphatic heterocycles. The van der Waals surface area contributed by atoms with E-state index in [0.29, 0.717) is 0 Å². The van der Waals surface area contributed by atoms with Crippen LogP contribution in [0.3, 0.4) is 0 Å². The summed E-state index contributed by atoms with van der Waals surface area (Å²) in [4.78, 5) is 16.5. The molecule has 6 rings (SSSR count). The molecular formula is C27H21N5. The first kappa shape index (κ1) is 18.4. The van der Waals surface area contributed by atoms with Crippen molar-refractivity contribution in [3.8, 4) is 11.1 Å². The number of benzene rings is 1. The molecule has 32 heavy (non-hydrogen) atoms. The van der Waals surface area contributed by atoms with Crippen LogP contribution in [-0.2, 0) is 0 Å². The monoisotopic (exact) mass is 415 g/mol. The van der Waals surface area contributed by atoms with E-state index in [1.165, 1.54) is 0 Å². The first-order valence-corrected chi connectivity index (χ1v) is 10.6. The zero-order valence-electron chi connectivity index (χ0n) is 17.6. The number of hydrogen-bond acceptors (Lipinski definition) is 3. The Balaban J connectivity index is 1.66. The Morgan fingerprint density at radius 1 is 0.625 bits per heavy atom. The molecule has 5 nitrogen and oxygen atoms in total. The van der Waals surface area contributed by atoms with E-state index < -0.39 is 0 Å². The minimum absolute atomic E-state index is 0.896. The largest absolute Gasteiger partial charge is 0.388 e. The summed E-state index contributed by atoms with van der Waals surface area (Å²) < 4.78 is 0. The van der Waals surface area contributed by atoms with Crippen LogP contribution in [-0.4, -0.2) is 27.0 Å². The van der Waals surface area contributed by atoms with Gasteiger partial charge in [0.1, 0.15) is 0 Å². The number of anilines is 1. The van der Waals surface area contributed by atoms with Gasteiger partial charge in [-0.05, 0) is 84.5 Å². The molecule has 1 aromatic carbocycles. The van der Waals surface area contributed by atoms with E-state index in [9.17, 15) is 0 Å². The van der Waals surface area contributed by atoms with Crippen LogP contribution in [0.15, 0.2) is 66.7 Å². The quantitative estimate of drug-likeness (QED) is 0.308. The molecule has 5 heteroatoms. The molecule has 154 valence electrons. The smallest absolute Gasteiger partial charge is 0.0659 e. The summed E-state index contributed by atoms with van der Waals surface area (Å²) in [6.07, 6.45) is 8.10. The van der Waals surface area contributed by atoms with Gasteiger partial charge in [-0.1, -0.05) is 12.1 Å². The molecule has 3 aromatic heterocycles. The Kier molecular flexibility index (Phi) is 4.25. The predicted octanol–water partition coefficient (Wildman–Crippen LogP) is 6.36. The van der Waals surface area contributed by atoms with Crippen molar-refractivity contribution < 1.29 is 0 Å². The van der Waals surface area contributed by atoms with E-state index in [1.807, 2.05) is 43.5 Å². The third-order valence-electron chi connectivity index (χ3n) is 5.63. The molecule has 0 fully saturated rings. The molecule has 0 saturated heterocycles. The van der Waals surface area contributed by atoms with Crippen LogP contribution < -0.4 is 5.32 Å². The van der Waals surface area contributed by atoms with Crippen LogP contribution in [0, 0.1) is 0 Å². The first-order valence-electron chi connectivity index (χ1n) is 10.6. The van der Waals surface area contributed by atoms with Crippen LogP contribution in [0.5, 0.6) is 0 Å². The fourth-order valence-electron chi connectivity index (χ4n) is 4.10. The highest BCUT2D eigenvalue weighted by atomic mass is 14.8. The molecule has 0 atom stereocenters. The summed E-state index contributed by atoms with van der Waals surface area (Å²) >= 11 is 0. The van der Waals surface area contributed by atoms with Gasteiger partial charge >= 0.3 is 0 Å². The Morgan fingerprint density at radius 3 is 2.06 bits per heavy atom. The lowest BCUT2D eigenvalue weighted by Gasteiger charge is -2.03. The molecule has 0 aliphatic carbocycles. The number of aromatic amines is 2. The summed E-state index contributed by atoms with van der Waals surface area (Å²) in [7, 11) is 1.94. The van der Waals surface area contributed by atoms with Crippen molar-refractivity contribution in [2.45, 2.75) is 0 Å². The van der Waals surface area contributed by atoms with E-state index in [2.05, 4.69) is 74.9 Å². The van der Waals surface area contributed by atoms with Gasteiger partial charge in [-0.25, -0.2) is 9.97 Å². The number of H-pyrrole nitrogens is 2. The van der Waals surface area contributed by atoms with Gasteiger partial charge in [0, 0.05) is 40.4 Å². The van der Waals surface area contributed by atoms with Gasteiger partial charge in [-0.15, -0.1) is 0 Å². The van der Waals surface area contributed by atoms with Crippen molar-refractivity contribution in [3.63, 3.8) is 0 Å². The number of hydrogen-bond donors (Lipinski definition) is 3. The number of fused-ring (bicyclic) bond motifs is 8. The third kappa shape index (κ3) is 3.50. The lowest BCUT2D eigenvalue weighted by molar-refractivity contribution is 1.28. The number of nitrogens with zero attached hydrogens (tertiary/aromatic N) is 2. The zero-order chi connectivity index (χ0) is 21.5. The molecule has 2 aliphatic rings. The summed E-state index contributed by atoms with van der Waals surface area (Å²) in [5, 5.41) is 3.23. The standard InChI is InChI=1S/C27H21N5/c1-28-18-4-2-3-17(11-18)26-15-25-14-23-8-7-21(30-23)12-19-5-6-20(29-19)13-22-9-10-24(31-22)16-27(26)32-25/h2-16,28,30,32H,1H3. The van der Waals surface area contributed by atoms with Crippen LogP contribution >= 0.6 is 0 Å². The minimum atomic E-state index is 0.896. The van der Waals surface area contributed by atoms with E-state index in [-0.39, 0.29) is 0 Å². The number of aromatic nitrogens is 4. The Hall–Kier alpha value is -4.38. The lowest BCUT2D eigenvalue weighted by atomic mass is 10.1. The molecule has 8 bridgehead atoms. The molecule has 4 aromatic rings. The number of rotatable bonds is 2. The molecule has 0 unspecified atom stereocenters. The SMILES string of the molecule is CNc1cccc(-c2cc3cc4ccc(cc5nc(cc6nc(cc2[nH]3)C=C6)C=C5)[nH]4)c1. The van der Waals surface area contributed by atoms with Gasteiger partial charge in [-0.2, -0.15) is 0 Å². The van der Waals surface area contributed by atoms with Crippen molar-refractivity contribution >= 4 is 52.1 Å². The number of nitrogens with one attached hydrogen (secondary N) is 3. The van der Waals surface area contributed by atoms with Crippen molar-refractivity contribution in [2.24, 2.45) is 0 Å². The second-order valence-electron chi connectivity index (χ2n) is 7.92. The van der Waals surface area contributed by atoms with E-state index in [4.69, 9.17) is 4.98 Å². The lowest BCUT2D eigenvalue weighted by Crippen LogP contribution is -1.87. The van der Waals surface area contributed by atoms with Gasteiger partial charge in [0.05, 0.1) is 22.8 Å². The molecule has 3 N–H and O–H groups in total. The van der Waals surface area contributed by atoms with Crippen LogP contribution in [0.2, 0.25) is 0 Å². The van der Waals surface area contributed by atoms with Gasteiger partial charge in [0.15, 0.2) is 0 Å². The van der Waals surface area contributed by atoms with Gasteiger partial charge in [-0.3, -0.25) is 0 Å². The Morgan fingerprint density at radius 2 is 1.31 bits per heavy atom. The third-order valence-corrected chi connectivity index (χ3v) is 5.63. The summed E-state index contributed by atoms with van der Waals surface area (Å²) in [6, 6.07) is 23.0. The van der Waals surface area contributed by atoms with Crippen LogP contribution in [0.4, 0.5) is 5.69 Å². The van der Waals surface area contributed by atoms with Crippen LogP contribution in [0.1, 0.15) is 22.8 Å². The van der Waals surface area contributed by atoms with Crippen LogP contribution in [0.25, 0.3) is 57.5 Å². The fraction of sp³-hybridized carbons (Fsp3) is 0.0370. The van der Waals surface area contributed by atoms with Crippen molar-refractivity contribution in [3.05, 3.63) is 89.5 Å². The highest BCUT2D eigenvalue weighted by molar-refractivity contribution is 5.88. The predicted molar refractivity (Wildman–Crippen MR) is 134 cm³/mol. The van der Waals surface area contributed by atoms with Gasteiger partial charge in [0.25, 0.3) is 0 Å². The minimum Gasteiger partial charge on any atom is -0.388 e. The molecule has 0 radical (unpaired) electrons. The summed E-state index contributed by atoms with van der Waals surface area (Å²) in [5.74, 6) is 0. The average Bonchev–Trinajstić information content (AvgIpc) is 3.59. The Bertz CT molecular complexity index is 1570. The second kappa shape index (κ2) is 7.39. The maximum Gasteiger partial charge on any atom is 0.0659 e. The maximum atomic E-state index is 4.78. The van der Waals surface area contributed by atoms with Gasteiger partial charge < -0.3 is 15.3 Å². The molecular weight excluding hydrogens is 394 g/mol. The van der Waals surface area contributed by atoms with Crippen molar-refractivity contribution in [1.82, 2.24) is 19.9 Å². The second-order valence-corrected chi connectivity index (χ2v) is 7.92. The molecule has 5 heterocycles. The Labute approximate surface area is 185 Å². The van der Waals surface area contributed by atoms with Gasteiger partial charge in [0.2, 0.25) is 0 Å². The summed E-state index contributed by atoms with van der Waals surface area (Å²) in [5.41, 5.74) is 11.1. The molecule has 0 amide bonds. The van der Waals surface area contributed by atoms with Crippen molar-refractivity contribution in [2.75, 3.05) is 12.4 Å². The molecule has 0 saturated carbocycles. The summed E-state index contributed by atoms with van der Waals surface area (Å²) in [6.45, 7) is 0. The highest BCUT2D eigenvalue weighted by Crippen LogP contribution is 2.29. The highest BCUT2D eigenvalue weighted by Gasteiger charge is 2.07. The van der Waals surface area contributed by atoms with E-state index in [1.54, 1.807) is 0 Å². The maximum absolute atomic E-state index is 4.78.